The molecule has 1 amide bonds. The first-order valence-corrected chi connectivity index (χ1v) is 7.55. The fourth-order valence-corrected chi connectivity index (χ4v) is 2.63. The third-order valence-electron chi connectivity index (χ3n) is 3.32. The van der Waals surface area contributed by atoms with Gasteiger partial charge in [-0.25, -0.2) is 4.98 Å². The summed E-state index contributed by atoms with van der Waals surface area (Å²) in [7, 11) is 0. The van der Waals surface area contributed by atoms with E-state index in [-0.39, 0.29) is 11.5 Å². The molecule has 6 heteroatoms. The maximum atomic E-state index is 11.9. The summed E-state index contributed by atoms with van der Waals surface area (Å²) in [5.41, 5.74) is 1.50. The number of amides is 1. The number of carbonyl (C=O) groups is 1. The molecule has 5 nitrogen and oxygen atoms in total. The van der Waals surface area contributed by atoms with Crippen LogP contribution in [0.1, 0.15) is 34.8 Å². The van der Waals surface area contributed by atoms with Crippen molar-refractivity contribution in [3.8, 4) is 0 Å². The van der Waals surface area contributed by atoms with E-state index in [0.29, 0.717) is 24.6 Å². The molecule has 0 bridgehead atoms. The molecule has 1 N–H and O–H groups in total. The van der Waals surface area contributed by atoms with Gasteiger partial charge in [0.25, 0.3) is 11.5 Å². The zero-order valence-electron chi connectivity index (χ0n) is 10.9. The molecule has 0 unspecified atom stereocenters. The predicted molar refractivity (Wildman–Crippen MR) is 77.1 cm³/mol. The molecular weight excluding hydrogens is 274 g/mol. The molecule has 2 heterocycles. The molecule has 1 aliphatic rings. The van der Waals surface area contributed by atoms with Crippen LogP contribution in [-0.4, -0.2) is 22.0 Å². The van der Waals surface area contributed by atoms with Gasteiger partial charge in [-0.1, -0.05) is 0 Å². The second-order valence-corrected chi connectivity index (χ2v) is 5.67. The number of carbonyl (C=O) groups excluding carboxylic acids is 1. The summed E-state index contributed by atoms with van der Waals surface area (Å²) < 4.78 is 1.53. The summed E-state index contributed by atoms with van der Waals surface area (Å²) in [5, 5.41) is 6.45. The molecule has 2 aromatic heterocycles. The quantitative estimate of drug-likeness (QED) is 0.909. The monoisotopic (exact) mass is 289 g/mol. The van der Waals surface area contributed by atoms with Gasteiger partial charge in [0.05, 0.1) is 12.0 Å². The molecule has 1 fully saturated rings. The van der Waals surface area contributed by atoms with E-state index in [1.165, 1.54) is 15.9 Å². The molecule has 0 radical (unpaired) electrons. The zero-order chi connectivity index (χ0) is 13.9. The first-order chi connectivity index (χ1) is 9.74. The van der Waals surface area contributed by atoms with Crippen LogP contribution in [0, 0.1) is 0 Å². The Morgan fingerprint density at radius 2 is 2.35 bits per heavy atom. The average molecular weight is 289 g/mol. The molecule has 20 heavy (non-hydrogen) atoms. The Kier molecular flexibility index (Phi) is 3.64. The molecular formula is C14H15N3O2S. The van der Waals surface area contributed by atoms with Gasteiger partial charge in [0.2, 0.25) is 0 Å². The predicted octanol–water partition coefficient (Wildman–Crippen LogP) is 1.61. The van der Waals surface area contributed by atoms with Gasteiger partial charge in [0.1, 0.15) is 0 Å². The number of rotatable bonds is 5. The third kappa shape index (κ3) is 2.96. The van der Waals surface area contributed by atoms with Gasteiger partial charge >= 0.3 is 0 Å². The van der Waals surface area contributed by atoms with Crippen molar-refractivity contribution in [3.63, 3.8) is 0 Å². The highest BCUT2D eigenvalue weighted by Crippen LogP contribution is 2.38. The molecule has 0 aromatic carbocycles. The lowest BCUT2D eigenvalue weighted by molar-refractivity contribution is 0.0952. The molecule has 0 saturated heterocycles. The van der Waals surface area contributed by atoms with E-state index in [1.807, 2.05) is 5.38 Å². The van der Waals surface area contributed by atoms with Crippen molar-refractivity contribution in [2.45, 2.75) is 25.3 Å². The number of nitrogens with one attached hydrogen (secondary N) is 1. The van der Waals surface area contributed by atoms with Crippen LogP contribution in [0.5, 0.6) is 0 Å². The lowest BCUT2D eigenvalue weighted by atomic mass is 10.3. The van der Waals surface area contributed by atoms with Crippen LogP contribution in [0.4, 0.5) is 0 Å². The summed E-state index contributed by atoms with van der Waals surface area (Å²) in [6.45, 7) is 0.853. The fourth-order valence-electron chi connectivity index (χ4n) is 2.00. The summed E-state index contributed by atoms with van der Waals surface area (Å²) >= 11 is 1.48. The number of thiophene rings is 1. The molecule has 0 aliphatic heterocycles. The van der Waals surface area contributed by atoms with Crippen molar-refractivity contribution in [3.05, 3.63) is 50.8 Å². The van der Waals surface area contributed by atoms with Gasteiger partial charge in [-0.3, -0.25) is 14.2 Å². The van der Waals surface area contributed by atoms with Crippen molar-refractivity contribution in [2.24, 2.45) is 0 Å². The maximum absolute atomic E-state index is 11.9. The van der Waals surface area contributed by atoms with Crippen LogP contribution < -0.4 is 10.9 Å². The van der Waals surface area contributed by atoms with E-state index in [2.05, 4.69) is 10.3 Å². The number of hydrogen-bond acceptors (Lipinski definition) is 4. The molecule has 0 atom stereocenters. The van der Waals surface area contributed by atoms with Crippen LogP contribution in [0.3, 0.4) is 0 Å². The normalized spacial score (nSPS) is 14.2. The molecule has 104 valence electrons. The van der Waals surface area contributed by atoms with E-state index >= 15 is 0 Å². The van der Waals surface area contributed by atoms with E-state index in [9.17, 15) is 9.59 Å². The average Bonchev–Trinajstić information content (AvgIpc) is 3.15. The van der Waals surface area contributed by atoms with Gasteiger partial charge in [0, 0.05) is 36.0 Å². The Labute approximate surface area is 120 Å². The number of nitrogens with zero attached hydrogens (tertiary/aromatic N) is 2. The molecule has 1 saturated carbocycles. The Hall–Kier alpha value is -1.95. The maximum Gasteiger partial charge on any atom is 0.253 e. The summed E-state index contributed by atoms with van der Waals surface area (Å²) in [6.07, 6.45) is 3.84. The molecule has 1 aliphatic carbocycles. The van der Waals surface area contributed by atoms with Gasteiger partial charge < -0.3 is 5.32 Å². The van der Waals surface area contributed by atoms with Crippen molar-refractivity contribution >= 4 is 17.2 Å². The minimum atomic E-state index is -0.109. The zero-order valence-corrected chi connectivity index (χ0v) is 11.7. The summed E-state index contributed by atoms with van der Waals surface area (Å²) in [4.78, 5) is 27.9. The van der Waals surface area contributed by atoms with Crippen molar-refractivity contribution in [1.82, 2.24) is 14.9 Å². The van der Waals surface area contributed by atoms with E-state index in [4.69, 9.17) is 0 Å². The standard InChI is InChI=1S/C14H15N3O2S/c18-13-7-12(10-1-2-10)16-9-17(13)5-4-15-14(19)11-3-6-20-8-11/h3,6-10H,1-2,4-5H2,(H,15,19). The van der Waals surface area contributed by atoms with E-state index < -0.39 is 0 Å². The highest BCUT2D eigenvalue weighted by Gasteiger charge is 2.25. The minimum absolute atomic E-state index is 0.0494. The van der Waals surface area contributed by atoms with Crippen LogP contribution in [-0.2, 0) is 6.54 Å². The minimum Gasteiger partial charge on any atom is -0.350 e. The Bertz CT molecular complexity index is 659. The Morgan fingerprint density at radius 1 is 1.50 bits per heavy atom. The fraction of sp³-hybridized carbons (Fsp3) is 0.357. The van der Waals surface area contributed by atoms with Crippen molar-refractivity contribution < 1.29 is 4.79 Å². The molecule has 3 rings (SSSR count). The van der Waals surface area contributed by atoms with E-state index in [0.717, 1.165) is 18.5 Å². The van der Waals surface area contributed by atoms with Gasteiger partial charge in [-0.2, -0.15) is 11.3 Å². The second kappa shape index (κ2) is 5.58. The lowest BCUT2D eigenvalue weighted by Crippen LogP contribution is -2.30. The van der Waals surface area contributed by atoms with Crippen LogP contribution in [0.2, 0.25) is 0 Å². The number of aromatic nitrogens is 2. The Balaban J connectivity index is 1.56. The summed E-state index contributed by atoms with van der Waals surface area (Å²) in [6, 6.07) is 3.39. The van der Waals surface area contributed by atoms with Crippen LogP contribution in [0.25, 0.3) is 0 Å². The van der Waals surface area contributed by atoms with E-state index in [1.54, 1.807) is 23.8 Å². The van der Waals surface area contributed by atoms with Crippen molar-refractivity contribution in [1.29, 1.82) is 0 Å². The molecule has 0 spiro atoms. The highest BCUT2D eigenvalue weighted by atomic mass is 32.1. The lowest BCUT2D eigenvalue weighted by Gasteiger charge is -2.07. The first-order valence-electron chi connectivity index (χ1n) is 6.61. The molecule has 2 aromatic rings. The van der Waals surface area contributed by atoms with Gasteiger partial charge in [-0.05, 0) is 24.3 Å². The topological polar surface area (TPSA) is 64.0 Å². The van der Waals surface area contributed by atoms with Crippen molar-refractivity contribution in [2.75, 3.05) is 6.54 Å². The first kappa shape index (κ1) is 13.1. The third-order valence-corrected chi connectivity index (χ3v) is 4.00. The second-order valence-electron chi connectivity index (χ2n) is 4.89. The van der Waals surface area contributed by atoms with Crippen LogP contribution in [0.15, 0.2) is 34.0 Å². The number of hydrogen-bond donors (Lipinski definition) is 1. The largest absolute Gasteiger partial charge is 0.350 e. The summed E-state index contributed by atoms with van der Waals surface area (Å²) in [5.74, 6) is 0.373. The SMILES string of the molecule is O=C(NCCn1cnc(C2CC2)cc1=O)c1ccsc1. The smallest absolute Gasteiger partial charge is 0.253 e. The Morgan fingerprint density at radius 3 is 3.00 bits per heavy atom. The van der Waals surface area contributed by atoms with Gasteiger partial charge in [0.15, 0.2) is 0 Å². The highest BCUT2D eigenvalue weighted by molar-refractivity contribution is 7.08. The van der Waals surface area contributed by atoms with Gasteiger partial charge in [-0.15, -0.1) is 0 Å². The van der Waals surface area contributed by atoms with Crippen LogP contribution >= 0.6 is 11.3 Å².